The van der Waals surface area contributed by atoms with E-state index in [0.29, 0.717) is 29.4 Å². The highest BCUT2D eigenvalue weighted by Crippen LogP contribution is 2.31. The second-order valence-electron chi connectivity index (χ2n) is 7.76. The topological polar surface area (TPSA) is 156 Å². The van der Waals surface area contributed by atoms with Crippen molar-refractivity contribution in [3.8, 4) is 17.1 Å². The molecule has 12 heteroatoms. The summed E-state index contributed by atoms with van der Waals surface area (Å²) in [6.07, 6.45) is 1.28. The number of carbonyl (C=O) groups is 1. The summed E-state index contributed by atoms with van der Waals surface area (Å²) < 4.78 is 34.9. The number of hydrogen-bond donors (Lipinski definition) is 3. The van der Waals surface area contributed by atoms with Crippen LogP contribution in [0.3, 0.4) is 0 Å². The van der Waals surface area contributed by atoms with Crippen LogP contribution in [0.2, 0.25) is 0 Å². The van der Waals surface area contributed by atoms with Crippen molar-refractivity contribution in [3.05, 3.63) is 40.1 Å². The third-order valence-electron chi connectivity index (χ3n) is 5.50. The van der Waals surface area contributed by atoms with E-state index >= 15 is 0 Å². The van der Waals surface area contributed by atoms with E-state index in [9.17, 15) is 18.0 Å². The molecule has 2 aromatic heterocycles. The van der Waals surface area contributed by atoms with E-state index in [1.807, 2.05) is 13.8 Å². The summed E-state index contributed by atoms with van der Waals surface area (Å²) in [5, 5.41) is 13.4. The number of carboxylic acids is 1. The zero-order chi connectivity index (χ0) is 25.0. The van der Waals surface area contributed by atoms with Crippen LogP contribution in [0.5, 0.6) is 5.75 Å². The average Bonchev–Trinajstić information content (AvgIpc) is 3.11. The number of nitrogens with one attached hydrogen (secondary N) is 2. The average molecular weight is 492 g/mol. The molecule has 3 aromatic rings. The maximum Gasteiger partial charge on any atom is 0.304 e. The molecule has 0 unspecified atom stereocenters. The molecule has 0 amide bonds. The van der Waals surface area contributed by atoms with Crippen molar-refractivity contribution in [1.82, 2.24) is 24.3 Å². The number of imidazole rings is 1. The van der Waals surface area contributed by atoms with E-state index < -0.39 is 21.6 Å². The molecule has 0 radical (unpaired) electrons. The molecule has 0 spiro atoms. The predicted molar refractivity (Wildman–Crippen MR) is 126 cm³/mol. The Balaban J connectivity index is 2.18. The van der Waals surface area contributed by atoms with Crippen LogP contribution in [-0.2, 0) is 14.8 Å². The van der Waals surface area contributed by atoms with Crippen molar-refractivity contribution in [1.29, 1.82) is 0 Å². The number of H-pyrrole nitrogens is 1. The first-order valence-corrected chi connectivity index (χ1v) is 12.6. The minimum atomic E-state index is -4.00. The summed E-state index contributed by atoms with van der Waals surface area (Å²) in [5.74, 6) is 0.124. The highest BCUT2D eigenvalue weighted by Gasteiger charge is 2.23. The molecule has 0 bridgehead atoms. The predicted octanol–water partition coefficient (Wildman–Crippen LogP) is 2.45. The highest BCUT2D eigenvalue weighted by molar-refractivity contribution is 7.89. The first-order chi connectivity index (χ1) is 16.1. The molecule has 0 aliphatic rings. The van der Waals surface area contributed by atoms with Gasteiger partial charge in [0.2, 0.25) is 10.0 Å². The maximum absolute atomic E-state index is 13.0. The molecular formula is C22H29N5O6S. The first kappa shape index (κ1) is 25.4. The maximum atomic E-state index is 13.0. The Morgan fingerprint density at radius 2 is 1.97 bits per heavy atom. The number of benzene rings is 1. The van der Waals surface area contributed by atoms with Crippen molar-refractivity contribution in [2.45, 2.75) is 57.8 Å². The van der Waals surface area contributed by atoms with Gasteiger partial charge in [-0.15, -0.1) is 5.10 Å². The first-order valence-electron chi connectivity index (χ1n) is 11.1. The largest absolute Gasteiger partial charge is 0.493 e. The van der Waals surface area contributed by atoms with Gasteiger partial charge in [0.25, 0.3) is 5.56 Å². The molecule has 2 heterocycles. The molecule has 0 aliphatic heterocycles. The molecular weight excluding hydrogens is 462 g/mol. The number of aromatic amines is 1. The van der Waals surface area contributed by atoms with Crippen molar-refractivity contribution < 1.29 is 23.1 Å². The minimum Gasteiger partial charge on any atom is -0.493 e. The molecule has 34 heavy (non-hydrogen) atoms. The fourth-order valence-electron chi connectivity index (χ4n) is 3.75. The zero-order valence-corrected chi connectivity index (χ0v) is 20.4. The minimum absolute atomic E-state index is 0.0971. The second-order valence-corrected chi connectivity index (χ2v) is 9.53. The standard InChI is InChI=1S/C22H29N5O6S/c1-5-14(6-2)21-24-13(4)19-22(30)25-20(26-27(19)21)16-12-15(8-9-17(16)33-7-3)34(31,32)23-11-10-18(28)29/h8-9,12,14,23H,5-7,10-11H2,1-4H3,(H,28,29)(H,25,26,30). The van der Waals surface area contributed by atoms with Gasteiger partial charge >= 0.3 is 5.97 Å². The smallest absolute Gasteiger partial charge is 0.304 e. The quantitative estimate of drug-likeness (QED) is 0.369. The van der Waals surface area contributed by atoms with Crippen molar-refractivity contribution >= 4 is 21.5 Å². The van der Waals surface area contributed by atoms with Gasteiger partial charge in [0, 0.05) is 12.5 Å². The molecule has 0 saturated heterocycles. The number of hydrogen-bond acceptors (Lipinski definition) is 7. The lowest BCUT2D eigenvalue weighted by atomic mass is 10.0. The molecule has 0 saturated carbocycles. The Morgan fingerprint density at radius 3 is 2.59 bits per heavy atom. The van der Waals surface area contributed by atoms with Gasteiger partial charge in [-0.05, 0) is 44.9 Å². The van der Waals surface area contributed by atoms with Gasteiger partial charge in [-0.2, -0.15) is 0 Å². The summed E-state index contributed by atoms with van der Waals surface area (Å²) in [4.78, 5) is 30.9. The molecule has 0 fully saturated rings. The number of sulfonamides is 1. The van der Waals surface area contributed by atoms with Crippen molar-refractivity contribution in [2.24, 2.45) is 0 Å². The molecule has 3 rings (SSSR count). The number of fused-ring (bicyclic) bond motifs is 1. The number of carboxylic acid groups (broad SMARTS) is 1. The Bertz CT molecular complexity index is 1360. The van der Waals surface area contributed by atoms with Gasteiger partial charge in [0.1, 0.15) is 11.6 Å². The molecule has 0 atom stereocenters. The van der Waals surface area contributed by atoms with Gasteiger partial charge in [0.05, 0.1) is 29.2 Å². The van der Waals surface area contributed by atoms with Crippen LogP contribution >= 0.6 is 0 Å². The summed E-state index contributed by atoms with van der Waals surface area (Å²) in [5.41, 5.74) is 0.778. The second kappa shape index (κ2) is 10.3. The van der Waals surface area contributed by atoms with Crippen molar-refractivity contribution in [2.75, 3.05) is 13.2 Å². The molecule has 0 aliphatic carbocycles. The van der Waals surface area contributed by atoms with Crippen LogP contribution in [0.1, 0.15) is 57.5 Å². The zero-order valence-electron chi connectivity index (χ0n) is 19.6. The van der Waals surface area contributed by atoms with Crippen LogP contribution in [0.25, 0.3) is 16.9 Å². The van der Waals surface area contributed by atoms with Crippen LogP contribution in [0.4, 0.5) is 0 Å². The van der Waals surface area contributed by atoms with Crippen LogP contribution in [0.15, 0.2) is 27.9 Å². The number of aromatic nitrogens is 4. The Kier molecular flexibility index (Phi) is 7.72. The van der Waals surface area contributed by atoms with E-state index in [-0.39, 0.29) is 35.2 Å². The lowest BCUT2D eigenvalue weighted by Gasteiger charge is -2.14. The lowest BCUT2D eigenvalue weighted by molar-refractivity contribution is -0.136. The van der Waals surface area contributed by atoms with Crippen LogP contribution in [-0.4, -0.2) is 52.2 Å². The normalized spacial score (nSPS) is 11.9. The number of rotatable bonds is 11. The Morgan fingerprint density at radius 1 is 1.26 bits per heavy atom. The molecule has 11 nitrogen and oxygen atoms in total. The Labute approximate surface area is 197 Å². The summed E-state index contributed by atoms with van der Waals surface area (Å²) >= 11 is 0. The van der Waals surface area contributed by atoms with E-state index in [1.165, 1.54) is 22.7 Å². The SMILES string of the molecule is CCOc1ccc(S(=O)(=O)NCCC(=O)O)cc1-c1nn2c(C(CC)CC)nc(C)c2c(=O)[nH]1. The van der Waals surface area contributed by atoms with Crippen LogP contribution < -0.4 is 15.0 Å². The van der Waals surface area contributed by atoms with Gasteiger partial charge < -0.3 is 14.8 Å². The number of aliphatic carboxylic acids is 1. The van der Waals surface area contributed by atoms with Crippen LogP contribution in [0, 0.1) is 6.92 Å². The van der Waals surface area contributed by atoms with Gasteiger partial charge in [-0.1, -0.05) is 13.8 Å². The lowest BCUT2D eigenvalue weighted by Crippen LogP contribution is -2.26. The van der Waals surface area contributed by atoms with E-state index in [4.69, 9.17) is 9.84 Å². The van der Waals surface area contributed by atoms with Gasteiger partial charge in [0.15, 0.2) is 11.3 Å². The number of ether oxygens (including phenoxy) is 1. The molecule has 184 valence electrons. The third kappa shape index (κ3) is 5.12. The number of nitrogens with zero attached hydrogens (tertiary/aromatic N) is 3. The fraction of sp³-hybridized carbons (Fsp3) is 0.455. The van der Waals surface area contributed by atoms with Crippen molar-refractivity contribution in [3.63, 3.8) is 0 Å². The number of aryl methyl sites for hydroxylation is 1. The summed E-state index contributed by atoms with van der Waals surface area (Å²) in [7, 11) is -4.00. The highest BCUT2D eigenvalue weighted by atomic mass is 32.2. The molecule has 3 N–H and O–H groups in total. The molecule has 1 aromatic carbocycles. The summed E-state index contributed by atoms with van der Waals surface area (Å²) in [6, 6.07) is 4.18. The van der Waals surface area contributed by atoms with E-state index in [0.717, 1.165) is 12.8 Å². The van der Waals surface area contributed by atoms with Gasteiger partial charge in [-0.25, -0.2) is 22.6 Å². The van der Waals surface area contributed by atoms with Gasteiger partial charge in [-0.3, -0.25) is 9.59 Å². The third-order valence-corrected chi connectivity index (χ3v) is 6.96. The van der Waals surface area contributed by atoms with E-state index in [1.54, 1.807) is 13.8 Å². The summed E-state index contributed by atoms with van der Waals surface area (Å²) in [6.45, 7) is 7.67. The van der Waals surface area contributed by atoms with E-state index in [2.05, 4.69) is 19.8 Å². The fourth-order valence-corrected chi connectivity index (χ4v) is 4.81. The Hall–Kier alpha value is -3.25. The monoisotopic (exact) mass is 491 g/mol.